The Morgan fingerprint density at radius 3 is 2.26 bits per heavy atom. The van der Waals surface area contributed by atoms with Crippen LogP contribution in [0.4, 0.5) is 28.8 Å². The van der Waals surface area contributed by atoms with Gasteiger partial charge in [0, 0.05) is 48.0 Å². The topological polar surface area (TPSA) is 155 Å². The summed E-state index contributed by atoms with van der Waals surface area (Å²) in [5.41, 5.74) is 1.50. The van der Waals surface area contributed by atoms with E-state index < -0.39 is 27.1 Å². The molecule has 1 fully saturated rings. The lowest BCUT2D eigenvalue weighted by Gasteiger charge is -2.36. The molecular weight excluding hydrogens is 618 g/mol. The van der Waals surface area contributed by atoms with E-state index >= 15 is 0 Å². The monoisotopic (exact) mass is 659 g/mol. The number of nitrogens with zero attached hydrogens (tertiary/aromatic N) is 3. The number of carbonyl (C=O) groups is 2. The number of sulfonamides is 1. The molecule has 1 saturated heterocycles. The van der Waals surface area contributed by atoms with E-state index in [0.717, 1.165) is 30.7 Å². The van der Waals surface area contributed by atoms with Crippen molar-refractivity contribution in [1.82, 2.24) is 15.3 Å². The maximum absolute atomic E-state index is 13.7. The molecule has 248 valence electrons. The van der Waals surface area contributed by atoms with Crippen molar-refractivity contribution in [3.63, 3.8) is 0 Å². The minimum absolute atomic E-state index is 0.0842. The van der Waals surface area contributed by atoms with Crippen LogP contribution in [0.15, 0.2) is 60.8 Å². The second kappa shape index (κ2) is 13.2. The molecule has 12 nitrogen and oxygen atoms in total. The van der Waals surface area contributed by atoms with Gasteiger partial charge in [0.2, 0.25) is 16.0 Å². The predicted molar refractivity (Wildman–Crippen MR) is 187 cm³/mol. The van der Waals surface area contributed by atoms with Gasteiger partial charge in [-0.25, -0.2) is 13.4 Å². The van der Waals surface area contributed by atoms with E-state index in [9.17, 15) is 18.0 Å². The summed E-state index contributed by atoms with van der Waals surface area (Å²) in [6.07, 6.45) is 2.74. The number of amides is 1. The van der Waals surface area contributed by atoms with E-state index in [4.69, 9.17) is 9.72 Å². The first-order valence-electron chi connectivity index (χ1n) is 15.3. The van der Waals surface area contributed by atoms with Crippen LogP contribution in [0, 0.1) is 0 Å². The number of fused-ring (bicyclic) bond motifs is 1. The highest BCUT2D eigenvalue weighted by atomic mass is 32.2. The zero-order valence-electron chi connectivity index (χ0n) is 27.6. The molecule has 4 aromatic rings. The van der Waals surface area contributed by atoms with Gasteiger partial charge in [0.05, 0.1) is 24.7 Å². The van der Waals surface area contributed by atoms with Gasteiger partial charge >= 0.3 is 0 Å². The summed E-state index contributed by atoms with van der Waals surface area (Å²) < 4.78 is 32.2. The first kappa shape index (κ1) is 33.6. The third-order valence-corrected chi connectivity index (χ3v) is 8.44. The van der Waals surface area contributed by atoms with Gasteiger partial charge < -0.3 is 25.6 Å². The van der Waals surface area contributed by atoms with Gasteiger partial charge in [-0.1, -0.05) is 45.0 Å². The lowest BCUT2D eigenvalue weighted by Crippen LogP contribution is -2.54. The molecule has 5 rings (SSSR count). The highest BCUT2D eigenvalue weighted by Gasteiger charge is 2.26. The molecule has 47 heavy (non-hydrogen) atoms. The molecule has 2 atom stereocenters. The number of anilines is 5. The van der Waals surface area contributed by atoms with Gasteiger partial charge in [-0.2, -0.15) is 4.98 Å². The number of rotatable bonds is 9. The van der Waals surface area contributed by atoms with E-state index in [-0.39, 0.29) is 22.7 Å². The summed E-state index contributed by atoms with van der Waals surface area (Å²) >= 11 is 0. The van der Waals surface area contributed by atoms with Crippen molar-refractivity contribution in [2.75, 3.05) is 46.7 Å². The van der Waals surface area contributed by atoms with Crippen molar-refractivity contribution >= 4 is 61.3 Å². The van der Waals surface area contributed by atoms with E-state index in [0.29, 0.717) is 34.5 Å². The fraction of sp³-hybridized carbons (Fsp3) is 0.353. The van der Waals surface area contributed by atoms with Crippen LogP contribution in [0.3, 0.4) is 0 Å². The molecule has 1 aromatic heterocycles. The van der Waals surface area contributed by atoms with Crippen LogP contribution in [0.25, 0.3) is 10.8 Å². The van der Waals surface area contributed by atoms with Crippen molar-refractivity contribution in [2.24, 2.45) is 0 Å². The van der Waals surface area contributed by atoms with Gasteiger partial charge in [0.1, 0.15) is 5.82 Å². The number of benzene rings is 3. The van der Waals surface area contributed by atoms with Gasteiger partial charge in [-0.15, -0.1) is 0 Å². The number of hydrogen-bond donors (Lipinski definition) is 4. The van der Waals surface area contributed by atoms with Crippen molar-refractivity contribution in [3.8, 4) is 5.75 Å². The Bertz CT molecular complexity index is 1930. The highest BCUT2D eigenvalue weighted by molar-refractivity contribution is 7.92. The van der Waals surface area contributed by atoms with Gasteiger partial charge in [-0.05, 0) is 60.5 Å². The number of ketones is 1. The van der Waals surface area contributed by atoms with Crippen LogP contribution in [-0.4, -0.2) is 68.6 Å². The molecule has 0 saturated carbocycles. The van der Waals surface area contributed by atoms with Crippen LogP contribution in [0.2, 0.25) is 0 Å². The Kier molecular flexibility index (Phi) is 9.41. The zero-order chi connectivity index (χ0) is 34.1. The Morgan fingerprint density at radius 2 is 1.62 bits per heavy atom. The molecule has 0 spiro atoms. The number of ether oxygens (including phenoxy) is 1. The smallest absolute Gasteiger partial charge is 0.296 e. The van der Waals surface area contributed by atoms with Crippen molar-refractivity contribution in [1.29, 1.82) is 0 Å². The average Bonchev–Trinajstić information content (AvgIpc) is 2.99. The van der Waals surface area contributed by atoms with Crippen LogP contribution in [0.5, 0.6) is 5.75 Å². The molecule has 3 aromatic carbocycles. The number of Topliss-reactive ketones (excluding diaryl/α,β-unsaturated/α-hetero) is 1. The molecule has 4 N–H and O–H groups in total. The van der Waals surface area contributed by atoms with Gasteiger partial charge in [-0.3, -0.25) is 14.3 Å². The van der Waals surface area contributed by atoms with Crippen molar-refractivity contribution in [3.05, 3.63) is 71.9 Å². The predicted octanol–water partition coefficient (Wildman–Crippen LogP) is 5.06. The van der Waals surface area contributed by atoms with Crippen LogP contribution in [0.1, 0.15) is 50.5 Å². The first-order valence-corrected chi connectivity index (χ1v) is 17.2. The third kappa shape index (κ3) is 7.80. The number of carbonyl (C=O) groups excluding carboxylic acids is 2. The number of hydrogen-bond acceptors (Lipinski definition) is 10. The maximum Gasteiger partial charge on any atom is 0.296 e. The maximum atomic E-state index is 13.7. The molecule has 1 aliphatic rings. The SMILES string of the molecule is COc1c(NC(=O)C(=O)c2ccc(Nc3nccc(N4CC(C)NC(C)C4)n3)c3ccccc23)cc(C(C)(C)C)cc1NS(C)(=O)=O. The third-order valence-electron chi connectivity index (χ3n) is 7.85. The van der Waals surface area contributed by atoms with Crippen molar-refractivity contribution in [2.45, 2.75) is 52.1 Å². The second-order valence-corrected chi connectivity index (χ2v) is 14.7. The summed E-state index contributed by atoms with van der Waals surface area (Å²) in [6, 6.07) is 16.5. The van der Waals surface area contributed by atoms with Gasteiger partial charge in [0.25, 0.3) is 11.7 Å². The minimum Gasteiger partial charge on any atom is -0.492 e. The molecule has 1 amide bonds. The van der Waals surface area contributed by atoms with Crippen LogP contribution < -0.4 is 30.3 Å². The summed E-state index contributed by atoms with van der Waals surface area (Å²) in [7, 11) is -2.31. The molecular formula is C34H41N7O5S. The zero-order valence-corrected chi connectivity index (χ0v) is 28.5. The first-order chi connectivity index (χ1) is 22.1. The number of piperazine rings is 1. The summed E-state index contributed by atoms with van der Waals surface area (Å²) in [6.45, 7) is 11.8. The van der Waals surface area contributed by atoms with E-state index in [1.165, 1.54) is 7.11 Å². The summed E-state index contributed by atoms with van der Waals surface area (Å²) in [5.74, 6) is -0.361. The highest BCUT2D eigenvalue weighted by Crippen LogP contribution is 2.39. The fourth-order valence-electron chi connectivity index (χ4n) is 5.78. The molecule has 13 heteroatoms. The average molecular weight is 660 g/mol. The van der Waals surface area contributed by atoms with E-state index in [1.807, 2.05) is 39.0 Å². The molecule has 0 bridgehead atoms. The number of nitrogens with one attached hydrogen (secondary N) is 4. The van der Waals surface area contributed by atoms with Gasteiger partial charge in [0.15, 0.2) is 5.75 Å². The van der Waals surface area contributed by atoms with E-state index in [2.05, 4.69) is 44.4 Å². The second-order valence-electron chi connectivity index (χ2n) is 13.0. The minimum atomic E-state index is -3.67. The summed E-state index contributed by atoms with van der Waals surface area (Å²) in [4.78, 5) is 38.6. The number of aromatic nitrogens is 2. The molecule has 1 aliphatic heterocycles. The number of methoxy groups -OCH3 is 1. The molecule has 2 heterocycles. The Balaban J connectivity index is 1.44. The molecule has 2 unspecified atom stereocenters. The Labute approximate surface area is 275 Å². The fourth-order valence-corrected chi connectivity index (χ4v) is 6.33. The largest absolute Gasteiger partial charge is 0.492 e. The van der Waals surface area contributed by atoms with Crippen molar-refractivity contribution < 1.29 is 22.7 Å². The van der Waals surface area contributed by atoms with Crippen LogP contribution in [-0.2, 0) is 20.2 Å². The normalized spacial score (nSPS) is 16.9. The van der Waals surface area contributed by atoms with Crippen LogP contribution >= 0.6 is 0 Å². The Morgan fingerprint density at radius 1 is 0.957 bits per heavy atom. The standard InChI is InChI=1S/C34H41N7O5S/c1-20-18-41(19-21(2)36-20)29-14-15-35-33(39-29)38-26-13-12-25(23-10-8-9-11-24(23)26)30(42)32(43)37-27-16-22(34(3,4)5)17-28(31(27)46-6)40-47(7,44)45/h8-17,20-21,36,40H,18-19H2,1-7H3,(H,37,43)(H,35,38,39). The lowest BCUT2D eigenvalue weighted by molar-refractivity contribution is -0.112. The molecule has 0 radical (unpaired) electrons. The quantitative estimate of drug-likeness (QED) is 0.142. The van der Waals surface area contributed by atoms with E-state index in [1.54, 1.807) is 42.6 Å². The molecule has 0 aliphatic carbocycles. The Hall–Kier alpha value is -4.75. The lowest BCUT2D eigenvalue weighted by atomic mass is 9.86. The summed E-state index contributed by atoms with van der Waals surface area (Å²) in [5, 5.41) is 10.8.